The van der Waals surface area contributed by atoms with Gasteiger partial charge >= 0.3 is 5.97 Å². The Balaban J connectivity index is 1.45. The molecule has 1 saturated heterocycles. The lowest BCUT2D eigenvalue weighted by Crippen LogP contribution is -2.90. The van der Waals surface area contributed by atoms with E-state index in [1.165, 1.54) is 29.2 Å². The Morgan fingerprint density at radius 1 is 1.15 bits per heavy atom. The lowest BCUT2D eigenvalue weighted by atomic mass is 9.47. The number of aliphatic hydroxyl groups is 6. The van der Waals surface area contributed by atoms with Crippen molar-refractivity contribution in [1.82, 2.24) is 5.32 Å². The summed E-state index contributed by atoms with van der Waals surface area (Å²) in [5, 5.41) is 75.5. The van der Waals surface area contributed by atoms with Crippen LogP contribution >= 0.6 is 21.6 Å². The fourth-order valence-electron chi connectivity index (χ4n) is 9.31. The van der Waals surface area contributed by atoms with Gasteiger partial charge in [0.1, 0.15) is 23.9 Å². The quantitative estimate of drug-likeness (QED) is 0.111. The van der Waals surface area contributed by atoms with Crippen molar-refractivity contribution in [3.8, 4) is 11.5 Å². The standard InChI is InChI=1S/C39H53NO12S2/c1-4-48-30(44)10-7-23-17-24-12-15-49-32(24)34-33(23)51-38-13-11-29(54-53-20-26(8-5-22(2)3)40-14-16-50-34)37(21-42,52-38)36(46)18-25-6-9-28(43)27(19-41)31(25)39(38,47)35(36)45/h6,9,11-13,15,17,22,25-29,31,35,40-43,45-47H,4-5,7-8,10,14,16,18-21H2,1-3H3. The van der Waals surface area contributed by atoms with Gasteiger partial charge in [-0.25, -0.2) is 0 Å². The summed E-state index contributed by atoms with van der Waals surface area (Å²) in [4.78, 5) is 12.7. The lowest BCUT2D eigenvalue weighted by molar-refractivity contribution is -0.450. The molecule has 0 amide bonds. The summed E-state index contributed by atoms with van der Waals surface area (Å²) in [5.41, 5.74) is -5.82. The number of fused-ring (bicyclic) bond motifs is 11. The molecule has 7 N–H and O–H groups in total. The zero-order chi connectivity index (χ0) is 38.5. The van der Waals surface area contributed by atoms with Gasteiger partial charge in [-0.1, -0.05) is 53.7 Å². The van der Waals surface area contributed by atoms with Gasteiger partial charge in [-0.3, -0.25) is 4.79 Å². The number of rotatable bonds is 9. The highest BCUT2D eigenvalue weighted by Crippen LogP contribution is 2.66. The minimum atomic E-state index is -2.52. The van der Waals surface area contributed by atoms with E-state index in [1.807, 2.05) is 0 Å². The molecule has 1 aromatic heterocycles. The molecule has 2 fully saturated rings. The van der Waals surface area contributed by atoms with Crippen LogP contribution in [0.3, 0.4) is 0 Å². The van der Waals surface area contributed by atoms with Gasteiger partial charge in [0.05, 0.1) is 30.8 Å². The highest BCUT2D eigenvalue weighted by molar-refractivity contribution is 8.77. The van der Waals surface area contributed by atoms with E-state index < -0.39 is 77.0 Å². The smallest absolute Gasteiger partial charge is 0.306 e. The maximum atomic E-state index is 13.3. The molecule has 5 bridgehead atoms. The Bertz CT molecular complexity index is 1740. The van der Waals surface area contributed by atoms with Gasteiger partial charge in [0, 0.05) is 48.6 Å². The van der Waals surface area contributed by atoms with Crippen molar-refractivity contribution in [2.24, 2.45) is 23.7 Å². The van der Waals surface area contributed by atoms with Crippen molar-refractivity contribution < 1.29 is 58.8 Å². The summed E-state index contributed by atoms with van der Waals surface area (Å²) in [6.45, 7) is 5.65. The van der Waals surface area contributed by atoms with Gasteiger partial charge in [0.2, 0.25) is 5.75 Å². The van der Waals surface area contributed by atoms with Crippen LogP contribution in [0.25, 0.3) is 11.0 Å². The highest BCUT2D eigenvalue weighted by Gasteiger charge is 2.83. The van der Waals surface area contributed by atoms with E-state index in [0.717, 1.165) is 12.8 Å². The largest absolute Gasteiger partial charge is 0.485 e. The molecule has 1 aromatic carbocycles. The van der Waals surface area contributed by atoms with Crippen molar-refractivity contribution in [3.05, 3.63) is 48.3 Å². The molecule has 298 valence electrons. The van der Waals surface area contributed by atoms with Crippen LogP contribution in [-0.4, -0.2) is 121 Å². The molecule has 7 rings (SSSR count). The molecule has 4 heterocycles. The third kappa shape index (κ3) is 6.40. The summed E-state index contributed by atoms with van der Waals surface area (Å²) in [5.74, 6) is -4.11. The van der Waals surface area contributed by atoms with Crippen LogP contribution in [0.15, 0.2) is 47.1 Å². The molecule has 0 radical (unpaired) electrons. The Kier molecular flexibility index (Phi) is 11.5. The molecule has 3 aliphatic heterocycles. The number of benzene rings is 1. The second-order valence-electron chi connectivity index (χ2n) is 15.7. The van der Waals surface area contributed by atoms with Gasteiger partial charge in [-0.15, -0.1) is 0 Å². The van der Waals surface area contributed by atoms with Crippen LogP contribution in [0.4, 0.5) is 0 Å². The highest BCUT2D eigenvalue weighted by atomic mass is 33.1. The summed E-state index contributed by atoms with van der Waals surface area (Å²) in [6.07, 6.45) is 6.66. The molecule has 1 spiro atoms. The van der Waals surface area contributed by atoms with E-state index in [-0.39, 0.29) is 50.0 Å². The van der Waals surface area contributed by atoms with E-state index in [2.05, 4.69) is 19.2 Å². The normalized spacial score (nSPS) is 38.9. The number of nitrogens with one attached hydrogen (secondary N) is 1. The number of furan rings is 1. The second-order valence-corrected chi connectivity index (χ2v) is 18.2. The molecular weight excluding hydrogens is 739 g/mol. The number of carbonyl (C=O) groups excluding carboxylic acids is 1. The van der Waals surface area contributed by atoms with Gasteiger partial charge in [-0.2, -0.15) is 0 Å². The number of esters is 1. The topological polar surface area (TPSA) is 201 Å². The number of aliphatic hydroxyl groups excluding tert-OH is 4. The molecular formula is C39H53NO12S2. The zero-order valence-electron chi connectivity index (χ0n) is 30.9. The third-order valence-corrected chi connectivity index (χ3v) is 14.9. The van der Waals surface area contributed by atoms with Crippen LogP contribution < -0.4 is 14.8 Å². The lowest BCUT2D eigenvalue weighted by Gasteiger charge is -2.71. The first-order valence-electron chi connectivity index (χ1n) is 19.0. The number of hydrogen-bond acceptors (Lipinski definition) is 15. The molecule has 11 unspecified atom stereocenters. The number of hydrogen-bond donors (Lipinski definition) is 7. The zero-order valence-corrected chi connectivity index (χ0v) is 32.5. The van der Waals surface area contributed by atoms with E-state index in [9.17, 15) is 35.4 Å². The van der Waals surface area contributed by atoms with Crippen molar-refractivity contribution in [3.63, 3.8) is 0 Å². The molecule has 2 aromatic rings. The maximum Gasteiger partial charge on any atom is 0.306 e. The summed E-state index contributed by atoms with van der Waals surface area (Å²) < 4.78 is 31.7. The van der Waals surface area contributed by atoms with Crippen molar-refractivity contribution in [2.75, 3.05) is 38.7 Å². The van der Waals surface area contributed by atoms with Crippen LogP contribution in [0.2, 0.25) is 0 Å². The Morgan fingerprint density at radius 2 is 1.96 bits per heavy atom. The third-order valence-electron chi connectivity index (χ3n) is 12.1. The van der Waals surface area contributed by atoms with Gasteiger partial charge in [0.25, 0.3) is 5.79 Å². The van der Waals surface area contributed by atoms with E-state index >= 15 is 0 Å². The van der Waals surface area contributed by atoms with E-state index in [4.69, 9.17) is 23.4 Å². The predicted octanol–water partition coefficient (Wildman–Crippen LogP) is 2.87. The summed E-state index contributed by atoms with van der Waals surface area (Å²) in [7, 11) is 2.96. The summed E-state index contributed by atoms with van der Waals surface area (Å²) in [6, 6.07) is 3.65. The van der Waals surface area contributed by atoms with Crippen molar-refractivity contribution in [2.45, 2.75) is 99.0 Å². The Morgan fingerprint density at radius 3 is 2.70 bits per heavy atom. The fourth-order valence-corrected chi connectivity index (χ4v) is 12.4. The van der Waals surface area contributed by atoms with Crippen LogP contribution in [0.1, 0.15) is 52.0 Å². The monoisotopic (exact) mass is 791 g/mol. The SMILES string of the molecule is CCOC(=O)CCc1cc2ccoc2c2c1OC13C=CC(SSCC(CCC(C)C)NCCO2)C(CO)(O1)C1(O)CC2C=CC(O)C(CO)C2C3(O)C1O. The van der Waals surface area contributed by atoms with Gasteiger partial charge in [-0.05, 0) is 68.2 Å². The first-order valence-corrected chi connectivity index (χ1v) is 21.4. The predicted molar refractivity (Wildman–Crippen MR) is 203 cm³/mol. The minimum Gasteiger partial charge on any atom is -0.485 e. The first-order chi connectivity index (χ1) is 25.9. The molecule has 11 atom stereocenters. The second kappa shape index (κ2) is 15.6. The summed E-state index contributed by atoms with van der Waals surface area (Å²) >= 11 is 0. The van der Waals surface area contributed by atoms with E-state index in [1.54, 1.807) is 42.0 Å². The maximum absolute atomic E-state index is 13.3. The number of aryl methyl sites for hydroxylation is 1. The molecule has 5 aliphatic rings. The van der Waals surface area contributed by atoms with E-state index in [0.29, 0.717) is 34.7 Å². The molecule has 15 heteroatoms. The molecule has 2 aliphatic carbocycles. The van der Waals surface area contributed by atoms with Crippen molar-refractivity contribution in [1.29, 1.82) is 0 Å². The van der Waals surface area contributed by atoms with Crippen LogP contribution in [0, 0.1) is 23.7 Å². The molecule has 13 nitrogen and oxygen atoms in total. The van der Waals surface area contributed by atoms with Gasteiger partial charge in [0.15, 0.2) is 16.9 Å². The fraction of sp³-hybridized carbons (Fsp3) is 0.667. The number of carbonyl (C=O) groups is 1. The van der Waals surface area contributed by atoms with Gasteiger partial charge < -0.3 is 59.3 Å². The Labute approximate surface area is 322 Å². The number of ether oxygens (including phenoxy) is 4. The minimum absolute atomic E-state index is 0.0206. The molecule has 54 heavy (non-hydrogen) atoms. The van der Waals surface area contributed by atoms with Crippen LogP contribution in [-0.2, 0) is 20.7 Å². The average molecular weight is 792 g/mol. The molecule has 1 saturated carbocycles. The number of allylic oxidation sites excluding steroid dienone is 1. The van der Waals surface area contributed by atoms with Crippen molar-refractivity contribution >= 4 is 38.5 Å². The first kappa shape index (κ1) is 39.9. The average Bonchev–Trinajstić information content (AvgIpc) is 3.62. The Hall–Kier alpha value is -2.31. The van der Waals surface area contributed by atoms with Crippen LogP contribution in [0.5, 0.6) is 11.5 Å².